The third kappa shape index (κ3) is 3.61. The van der Waals surface area contributed by atoms with Gasteiger partial charge in [0.05, 0.1) is 6.33 Å². The molecular formula is C22H20ClN5O4. The van der Waals surface area contributed by atoms with Crippen molar-refractivity contribution in [2.75, 3.05) is 7.05 Å². The molecule has 1 N–H and O–H groups in total. The second-order valence-corrected chi connectivity index (χ2v) is 8.26. The van der Waals surface area contributed by atoms with Crippen LogP contribution in [0.25, 0.3) is 11.2 Å². The number of likely N-dealkylation sites (N-methyl/N-ethyl adjacent to an activating group) is 1. The number of halogens is 1. The number of hydrogen-bond donors (Lipinski definition) is 1. The lowest BCUT2D eigenvalue weighted by atomic mass is 10.1. The monoisotopic (exact) mass is 453 g/mol. The van der Waals surface area contributed by atoms with E-state index < -0.39 is 30.3 Å². The highest BCUT2D eigenvalue weighted by Crippen LogP contribution is 2.43. The molecule has 0 aliphatic carbocycles. The molecule has 0 bridgehead atoms. The van der Waals surface area contributed by atoms with Crippen molar-refractivity contribution in [1.82, 2.24) is 24.8 Å². The number of carbonyl (C=O) groups excluding carboxylic acids is 1. The van der Waals surface area contributed by atoms with E-state index in [1.165, 1.54) is 0 Å². The summed E-state index contributed by atoms with van der Waals surface area (Å²) in [5.74, 6) is 5.04. The summed E-state index contributed by atoms with van der Waals surface area (Å²) in [4.78, 5) is 25.6. The van der Waals surface area contributed by atoms with Gasteiger partial charge in [-0.1, -0.05) is 35.7 Å². The van der Waals surface area contributed by atoms with Crippen molar-refractivity contribution in [3.8, 4) is 11.8 Å². The number of carbonyl (C=O) groups is 1. The molecule has 2 aromatic heterocycles. The molecule has 4 atom stereocenters. The molecule has 0 saturated carbocycles. The normalized spacial score (nSPS) is 25.9. The molecule has 32 heavy (non-hydrogen) atoms. The molecule has 2 aliphatic rings. The summed E-state index contributed by atoms with van der Waals surface area (Å²) in [6.45, 7) is 3.59. The first-order chi connectivity index (χ1) is 15.4. The summed E-state index contributed by atoms with van der Waals surface area (Å²) in [5.41, 5.74) is 1.66. The van der Waals surface area contributed by atoms with Crippen LogP contribution in [0.4, 0.5) is 0 Å². The van der Waals surface area contributed by atoms with Crippen molar-refractivity contribution >= 4 is 28.7 Å². The van der Waals surface area contributed by atoms with Crippen LogP contribution in [0.15, 0.2) is 36.7 Å². The third-order valence-electron chi connectivity index (χ3n) is 5.28. The Hall–Kier alpha value is -3.03. The molecule has 2 fully saturated rings. The number of aromatic nitrogens is 4. The van der Waals surface area contributed by atoms with Crippen molar-refractivity contribution in [2.45, 2.75) is 44.2 Å². The van der Waals surface area contributed by atoms with Crippen LogP contribution in [0, 0.1) is 11.8 Å². The van der Waals surface area contributed by atoms with E-state index in [1.807, 2.05) is 30.3 Å². The van der Waals surface area contributed by atoms with Crippen molar-refractivity contribution in [2.24, 2.45) is 0 Å². The fraction of sp³-hybridized carbons (Fsp3) is 0.364. The minimum atomic E-state index is -0.862. The van der Waals surface area contributed by atoms with Crippen molar-refractivity contribution < 1.29 is 19.0 Å². The number of amides is 1. The average molecular weight is 454 g/mol. The van der Waals surface area contributed by atoms with Gasteiger partial charge in [-0.3, -0.25) is 9.36 Å². The van der Waals surface area contributed by atoms with E-state index >= 15 is 0 Å². The first-order valence-electron chi connectivity index (χ1n) is 10.1. The van der Waals surface area contributed by atoms with Gasteiger partial charge in [-0.15, -0.1) is 0 Å². The van der Waals surface area contributed by atoms with Gasteiger partial charge in [0.1, 0.15) is 17.7 Å². The fourth-order valence-corrected chi connectivity index (χ4v) is 4.14. The molecule has 2 saturated heterocycles. The number of nitrogens with one attached hydrogen (secondary N) is 1. The van der Waals surface area contributed by atoms with Gasteiger partial charge in [-0.25, -0.2) is 15.0 Å². The zero-order chi connectivity index (χ0) is 22.5. The van der Waals surface area contributed by atoms with E-state index in [4.69, 9.17) is 25.8 Å². The molecule has 0 radical (unpaired) electrons. The minimum Gasteiger partial charge on any atom is -0.357 e. The Morgan fingerprint density at radius 2 is 1.91 bits per heavy atom. The van der Waals surface area contributed by atoms with Gasteiger partial charge in [-0.05, 0) is 31.9 Å². The Bertz CT molecular complexity index is 1250. The predicted octanol–water partition coefficient (Wildman–Crippen LogP) is 2.04. The number of fused-ring (bicyclic) bond motifs is 2. The summed E-state index contributed by atoms with van der Waals surface area (Å²) in [7, 11) is 1.55. The van der Waals surface area contributed by atoms with E-state index in [9.17, 15) is 4.79 Å². The number of nitrogens with zero attached hydrogens (tertiary/aromatic N) is 4. The molecule has 1 aromatic carbocycles. The summed E-state index contributed by atoms with van der Waals surface area (Å²) >= 11 is 6.37. The van der Waals surface area contributed by atoms with Gasteiger partial charge < -0.3 is 19.5 Å². The molecule has 164 valence electrons. The first-order valence-corrected chi connectivity index (χ1v) is 10.4. The highest BCUT2D eigenvalue weighted by Gasteiger charge is 2.58. The smallest absolute Gasteiger partial charge is 0.251 e. The van der Waals surface area contributed by atoms with E-state index in [1.54, 1.807) is 31.8 Å². The molecule has 4 heterocycles. The van der Waals surface area contributed by atoms with Crippen molar-refractivity contribution in [3.63, 3.8) is 0 Å². The van der Waals surface area contributed by atoms with Crippen LogP contribution in [0.5, 0.6) is 0 Å². The summed E-state index contributed by atoms with van der Waals surface area (Å²) in [6, 6.07) is 9.50. The standard InChI is InChI=1S/C22H20ClN5O4/c1-22(2)31-15-16(20(29)24-3)30-21(17(15)32-22)28-11-25-14-18(23)26-13(27-19(14)28)10-9-12-7-5-4-6-8-12/h4-8,11,15-17,21H,1-3H3,(H,24,29)/t15?,16-,17-,21+/m0/s1. The van der Waals surface area contributed by atoms with Gasteiger partial charge in [0.25, 0.3) is 5.91 Å². The molecule has 1 amide bonds. The highest BCUT2D eigenvalue weighted by molar-refractivity contribution is 6.33. The molecule has 1 unspecified atom stereocenters. The Balaban J connectivity index is 1.55. The Morgan fingerprint density at radius 3 is 2.66 bits per heavy atom. The highest BCUT2D eigenvalue weighted by atomic mass is 35.5. The fourth-order valence-electron chi connectivity index (χ4n) is 3.93. The molecule has 9 nitrogen and oxygen atoms in total. The van der Waals surface area contributed by atoms with Gasteiger partial charge in [0.15, 0.2) is 28.9 Å². The maximum atomic E-state index is 12.4. The lowest BCUT2D eigenvalue weighted by molar-refractivity contribution is -0.197. The van der Waals surface area contributed by atoms with Crippen LogP contribution < -0.4 is 5.32 Å². The molecule has 10 heteroatoms. The Morgan fingerprint density at radius 1 is 1.16 bits per heavy atom. The van der Waals surface area contributed by atoms with Crippen LogP contribution in [0.2, 0.25) is 5.15 Å². The van der Waals surface area contributed by atoms with Gasteiger partial charge in [0.2, 0.25) is 5.82 Å². The van der Waals surface area contributed by atoms with Gasteiger partial charge >= 0.3 is 0 Å². The molecular weight excluding hydrogens is 434 g/mol. The summed E-state index contributed by atoms with van der Waals surface area (Å²) in [5, 5.41) is 2.78. The van der Waals surface area contributed by atoms with Crippen LogP contribution in [-0.4, -0.2) is 56.6 Å². The second-order valence-electron chi connectivity index (χ2n) is 7.90. The first kappa shape index (κ1) is 20.8. The SMILES string of the molecule is CNC(=O)[C@H]1O[C@@H](n2cnc3c(Cl)nc(C#Cc4ccccc4)nc32)[C@H]2OC(C)(C)OC12. The number of benzene rings is 1. The molecule has 3 aromatic rings. The Labute approximate surface area is 189 Å². The van der Waals surface area contributed by atoms with Crippen LogP contribution in [0.1, 0.15) is 31.5 Å². The summed E-state index contributed by atoms with van der Waals surface area (Å²) in [6.07, 6.45) is -1.12. The van der Waals surface area contributed by atoms with Crippen molar-refractivity contribution in [3.05, 3.63) is 53.2 Å². The minimum absolute atomic E-state index is 0.174. The van der Waals surface area contributed by atoms with E-state index in [0.717, 1.165) is 5.56 Å². The second kappa shape index (κ2) is 7.83. The van der Waals surface area contributed by atoms with E-state index in [0.29, 0.717) is 11.2 Å². The summed E-state index contributed by atoms with van der Waals surface area (Å²) < 4.78 is 19.8. The topological polar surface area (TPSA) is 100 Å². The Kier molecular flexibility index (Phi) is 5.10. The van der Waals surface area contributed by atoms with Gasteiger partial charge in [0, 0.05) is 12.6 Å². The van der Waals surface area contributed by atoms with E-state index in [2.05, 4.69) is 32.1 Å². The zero-order valence-corrected chi connectivity index (χ0v) is 18.3. The number of ether oxygens (including phenoxy) is 3. The molecule has 2 aliphatic heterocycles. The lowest BCUT2D eigenvalue weighted by Gasteiger charge is -2.24. The number of imidazole rings is 1. The zero-order valence-electron chi connectivity index (χ0n) is 17.6. The van der Waals surface area contributed by atoms with Crippen molar-refractivity contribution in [1.29, 1.82) is 0 Å². The molecule has 0 spiro atoms. The van der Waals surface area contributed by atoms with Crippen LogP contribution >= 0.6 is 11.6 Å². The van der Waals surface area contributed by atoms with Crippen LogP contribution in [-0.2, 0) is 19.0 Å². The molecule has 5 rings (SSSR count). The quantitative estimate of drug-likeness (QED) is 0.468. The maximum Gasteiger partial charge on any atom is 0.251 e. The predicted molar refractivity (Wildman–Crippen MR) is 115 cm³/mol. The third-order valence-corrected chi connectivity index (χ3v) is 5.54. The average Bonchev–Trinajstić information content (AvgIpc) is 3.43. The van der Waals surface area contributed by atoms with Crippen LogP contribution in [0.3, 0.4) is 0 Å². The number of hydrogen-bond acceptors (Lipinski definition) is 7. The van der Waals surface area contributed by atoms with Gasteiger partial charge in [-0.2, -0.15) is 0 Å². The maximum absolute atomic E-state index is 12.4. The largest absolute Gasteiger partial charge is 0.357 e. The lowest BCUT2D eigenvalue weighted by Crippen LogP contribution is -2.41. The number of rotatable bonds is 2. The van der Waals surface area contributed by atoms with E-state index in [-0.39, 0.29) is 16.9 Å².